The summed E-state index contributed by atoms with van der Waals surface area (Å²) < 4.78 is 33.3. The second-order valence-electron chi connectivity index (χ2n) is 6.84. The third kappa shape index (κ3) is 4.15. The zero-order valence-electron chi connectivity index (χ0n) is 16.1. The minimum Gasteiger partial charge on any atom is -0.508 e. The van der Waals surface area contributed by atoms with Gasteiger partial charge in [0.1, 0.15) is 10.6 Å². The molecule has 0 spiro atoms. The van der Waals surface area contributed by atoms with Gasteiger partial charge in [0.2, 0.25) is 10.0 Å². The van der Waals surface area contributed by atoms with Gasteiger partial charge in [0.15, 0.2) is 0 Å². The smallest absolute Gasteiger partial charge is 0.337 e. The molecule has 0 saturated carbocycles. The number of anilines is 2. The Bertz CT molecular complexity index is 1280. The van der Waals surface area contributed by atoms with Crippen LogP contribution in [0, 0.1) is 0 Å². The van der Waals surface area contributed by atoms with E-state index < -0.39 is 16.0 Å². The fraction of sp³-hybridized carbons (Fsp3) is 0.200. The number of nitrogens with zero attached hydrogens (tertiary/aromatic N) is 2. The number of ether oxygens (including phenoxy) is 1. The van der Waals surface area contributed by atoms with Crippen molar-refractivity contribution in [1.29, 1.82) is 0 Å². The minimum absolute atomic E-state index is 0.0263. The molecule has 162 valence electrons. The Kier molecular flexibility index (Phi) is 5.71. The monoisotopic (exact) mass is 463 g/mol. The highest BCUT2D eigenvalue weighted by atomic mass is 35.5. The van der Waals surface area contributed by atoms with Crippen LogP contribution in [0.2, 0.25) is 5.02 Å². The van der Waals surface area contributed by atoms with E-state index in [1.54, 1.807) is 18.2 Å². The molecule has 2 heterocycles. The van der Waals surface area contributed by atoms with Crippen molar-refractivity contribution in [2.24, 2.45) is 0 Å². The van der Waals surface area contributed by atoms with Crippen molar-refractivity contribution in [3.05, 3.63) is 53.2 Å². The number of carbonyl (C=O) groups is 1. The van der Waals surface area contributed by atoms with Crippen LogP contribution in [0.4, 0.5) is 11.4 Å². The zero-order chi connectivity index (χ0) is 22.2. The molecule has 11 heteroatoms. The van der Waals surface area contributed by atoms with Crippen LogP contribution in [0.15, 0.2) is 47.5 Å². The lowest BCUT2D eigenvalue weighted by atomic mass is 10.1. The van der Waals surface area contributed by atoms with Gasteiger partial charge in [-0.3, -0.25) is 4.98 Å². The topological polar surface area (TPSA) is 129 Å². The Morgan fingerprint density at radius 3 is 2.61 bits per heavy atom. The number of benzene rings is 2. The largest absolute Gasteiger partial charge is 0.508 e. The molecule has 3 N–H and O–H groups in total. The summed E-state index contributed by atoms with van der Waals surface area (Å²) in [6.45, 7) is 0.902. The number of hydrogen-bond acceptors (Lipinski definition) is 7. The maximum absolute atomic E-state index is 13.4. The van der Waals surface area contributed by atoms with Crippen LogP contribution >= 0.6 is 11.6 Å². The van der Waals surface area contributed by atoms with Crippen LogP contribution < -0.4 is 5.32 Å². The molecule has 0 amide bonds. The Labute approximate surface area is 182 Å². The third-order valence-electron chi connectivity index (χ3n) is 4.88. The van der Waals surface area contributed by atoms with Crippen LogP contribution in [-0.4, -0.2) is 60.2 Å². The average Bonchev–Trinajstić information content (AvgIpc) is 2.74. The number of fused-ring (bicyclic) bond motifs is 1. The van der Waals surface area contributed by atoms with E-state index >= 15 is 0 Å². The molecular formula is C20H18ClN3O6S. The second kappa shape index (κ2) is 8.31. The van der Waals surface area contributed by atoms with Gasteiger partial charge in [0.25, 0.3) is 0 Å². The molecule has 3 aromatic rings. The fourth-order valence-electron chi connectivity index (χ4n) is 3.35. The zero-order valence-corrected chi connectivity index (χ0v) is 17.7. The summed E-state index contributed by atoms with van der Waals surface area (Å²) in [6, 6.07) is 8.48. The van der Waals surface area contributed by atoms with Gasteiger partial charge in [-0.2, -0.15) is 4.31 Å². The standard InChI is InChI=1S/C20H18ClN3O6S/c21-12-1-4-16-15(9-12)19(23-17-10-13(25)2-3-14(17)20(26)27)18(11-22-16)31(28,29)24-5-7-30-8-6-24/h1-4,9-11,25H,5-8H2,(H,22,23)(H,26,27). The predicted molar refractivity (Wildman–Crippen MR) is 115 cm³/mol. The number of rotatable bonds is 5. The van der Waals surface area contributed by atoms with Crippen molar-refractivity contribution in [3.63, 3.8) is 0 Å². The lowest BCUT2D eigenvalue weighted by Gasteiger charge is -2.27. The van der Waals surface area contributed by atoms with Gasteiger partial charge in [-0.15, -0.1) is 0 Å². The molecule has 0 atom stereocenters. The molecule has 0 bridgehead atoms. The quantitative estimate of drug-likeness (QED) is 0.526. The lowest BCUT2D eigenvalue weighted by molar-refractivity contribution is 0.0698. The number of pyridine rings is 1. The average molecular weight is 464 g/mol. The van der Waals surface area contributed by atoms with Crippen molar-refractivity contribution in [2.75, 3.05) is 31.6 Å². The number of sulfonamides is 1. The summed E-state index contributed by atoms with van der Waals surface area (Å²) in [5, 5.41) is 23.1. The summed E-state index contributed by atoms with van der Waals surface area (Å²) in [5.41, 5.74) is 0.467. The van der Waals surface area contributed by atoms with Crippen molar-refractivity contribution < 1.29 is 28.2 Å². The van der Waals surface area contributed by atoms with E-state index in [9.17, 15) is 23.4 Å². The van der Waals surface area contributed by atoms with Crippen LogP contribution in [0.25, 0.3) is 10.9 Å². The summed E-state index contributed by atoms with van der Waals surface area (Å²) in [4.78, 5) is 15.8. The van der Waals surface area contributed by atoms with Crippen LogP contribution in [0.5, 0.6) is 5.75 Å². The molecule has 1 aliphatic heterocycles. The Morgan fingerprint density at radius 1 is 1.16 bits per heavy atom. The normalized spacial score (nSPS) is 15.1. The number of morpholine rings is 1. The van der Waals surface area contributed by atoms with E-state index in [0.717, 1.165) is 0 Å². The van der Waals surface area contributed by atoms with E-state index in [-0.39, 0.29) is 53.9 Å². The molecular weight excluding hydrogens is 446 g/mol. The molecule has 2 aromatic carbocycles. The molecule has 9 nitrogen and oxygen atoms in total. The highest BCUT2D eigenvalue weighted by Gasteiger charge is 2.30. The van der Waals surface area contributed by atoms with Crippen molar-refractivity contribution >= 4 is 49.9 Å². The number of nitrogens with one attached hydrogen (secondary N) is 1. The molecule has 0 aliphatic carbocycles. The molecule has 0 unspecified atom stereocenters. The Balaban J connectivity index is 1.94. The van der Waals surface area contributed by atoms with Crippen LogP contribution in [0.1, 0.15) is 10.4 Å². The van der Waals surface area contributed by atoms with E-state index in [4.69, 9.17) is 16.3 Å². The van der Waals surface area contributed by atoms with Gasteiger partial charge in [0.05, 0.1) is 35.7 Å². The van der Waals surface area contributed by atoms with Crippen LogP contribution in [-0.2, 0) is 14.8 Å². The minimum atomic E-state index is -3.98. The Hall–Kier alpha value is -2.92. The molecule has 1 saturated heterocycles. The summed E-state index contributed by atoms with van der Waals surface area (Å²) in [5.74, 6) is -1.42. The molecule has 0 radical (unpaired) electrons. The summed E-state index contributed by atoms with van der Waals surface area (Å²) >= 11 is 6.15. The van der Waals surface area contributed by atoms with Crippen molar-refractivity contribution in [3.8, 4) is 5.75 Å². The van der Waals surface area contributed by atoms with Gasteiger partial charge in [-0.1, -0.05) is 11.6 Å². The first-order valence-corrected chi connectivity index (χ1v) is 11.1. The van der Waals surface area contributed by atoms with Crippen LogP contribution in [0.3, 0.4) is 0 Å². The number of carboxylic acids is 1. The van der Waals surface area contributed by atoms with Gasteiger partial charge in [-0.05, 0) is 30.3 Å². The lowest BCUT2D eigenvalue weighted by Crippen LogP contribution is -2.40. The van der Waals surface area contributed by atoms with Crippen molar-refractivity contribution in [1.82, 2.24) is 9.29 Å². The molecule has 31 heavy (non-hydrogen) atoms. The molecule has 1 aliphatic rings. The first-order chi connectivity index (χ1) is 14.8. The Morgan fingerprint density at radius 2 is 1.90 bits per heavy atom. The van der Waals surface area contributed by atoms with Gasteiger partial charge >= 0.3 is 5.97 Å². The van der Waals surface area contributed by atoms with Crippen molar-refractivity contribution in [2.45, 2.75) is 4.90 Å². The summed E-state index contributed by atoms with van der Waals surface area (Å²) in [6.07, 6.45) is 1.23. The molecule has 4 rings (SSSR count). The third-order valence-corrected chi connectivity index (χ3v) is 7.02. The number of aromatic carboxylic acids is 1. The summed E-state index contributed by atoms with van der Waals surface area (Å²) in [7, 11) is -3.98. The van der Waals surface area contributed by atoms with Gasteiger partial charge in [0, 0.05) is 35.8 Å². The second-order valence-corrected chi connectivity index (χ2v) is 9.18. The molecule has 1 aromatic heterocycles. The number of aromatic hydroxyl groups is 1. The van der Waals surface area contributed by atoms with Gasteiger partial charge in [-0.25, -0.2) is 13.2 Å². The highest BCUT2D eigenvalue weighted by molar-refractivity contribution is 7.89. The SMILES string of the molecule is O=C(O)c1ccc(O)cc1Nc1c(S(=O)(=O)N2CCOCC2)cnc2ccc(Cl)cc12. The fourth-order valence-corrected chi connectivity index (χ4v) is 5.04. The highest BCUT2D eigenvalue weighted by Crippen LogP contribution is 2.36. The van der Waals surface area contributed by atoms with E-state index in [0.29, 0.717) is 15.9 Å². The maximum Gasteiger partial charge on any atom is 0.337 e. The van der Waals surface area contributed by atoms with E-state index in [1.165, 1.54) is 28.7 Å². The number of hydrogen-bond donors (Lipinski definition) is 3. The number of halogens is 1. The van der Waals surface area contributed by atoms with E-state index in [2.05, 4.69) is 10.3 Å². The number of carboxylic acid groups (broad SMARTS) is 1. The number of phenolic OH excluding ortho intramolecular Hbond substituents is 1. The van der Waals surface area contributed by atoms with Gasteiger partial charge < -0.3 is 20.3 Å². The maximum atomic E-state index is 13.4. The first-order valence-electron chi connectivity index (χ1n) is 9.27. The predicted octanol–water partition coefficient (Wildman–Crippen LogP) is 3.06. The number of aromatic nitrogens is 1. The molecule has 1 fully saturated rings. The van der Waals surface area contributed by atoms with E-state index in [1.807, 2.05) is 0 Å². The first kappa shape index (κ1) is 21.3. The number of phenols is 1.